The summed E-state index contributed by atoms with van der Waals surface area (Å²) in [6, 6.07) is 4.30. The van der Waals surface area contributed by atoms with Crippen LogP contribution in [0.3, 0.4) is 0 Å². The Morgan fingerprint density at radius 3 is 2.58 bits per heavy atom. The van der Waals surface area contributed by atoms with Crippen molar-refractivity contribution in [1.29, 1.82) is 0 Å². The van der Waals surface area contributed by atoms with E-state index in [4.69, 9.17) is 32.6 Å². The standard InChI is InChI=1S/C26H30N2O12/c1-7-35-22(31)16-17(29)13-8-9-14(12(3)19(13)37-23(16)32)36-24-18(30)20(21(34-6)26(4,5)39-24)38-25(33)27-15-10-11(2)40-28-15/h8-10,18,20-21,24,29-30H,7H2,1-6H3,(H,27,28,33)/t18-,20-,21-,24-/m1/s1. The Labute approximate surface area is 227 Å². The van der Waals surface area contributed by atoms with E-state index >= 15 is 0 Å². The predicted molar refractivity (Wildman–Crippen MR) is 136 cm³/mol. The Bertz CT molecular complexity index is 1480. The number of aromatic nitrogens is 1. The first-order valence-corrected chi connectivity index (χ1v) is 12.3. The van der Waals surface area contributed by atoms with E-state index in [1.807, 2.05) is 0 Å². The molecule has 216 valence electrons. The molecule has 3 aromatic rings. The number of aryl methyl sites for hydroxylation is 2. The number of benzene rings is 1. The highest BCUT2D eigenvalue weighted by atomic mass is 16.7. The number of esters is 1. The summed E-state index contributed by atoms with van der Waals surface area (Å²) in [6.07, 6.45) is -5.98. The Morgan fingerprint density at radius 1 is 1.23 bits per heavy atom. The Balaban J connectivity index is 1.62. The molecule has 0 spiro atoms. The Kier molecular flexibility index (Phi) is 8.05. The van der Waals surface area contributed by atoms with Crippen molar-refractivity contribution in [2.45, 2.75) is 64.8 Å². The van der Waals surface area contributed by atoms with Gasteiger partial charge in [-0.2, -0.15) is 0 Å². The summed E-state index contributed by atoms with van der Waals surface area (Å²) in [5.74, 6) is -0.906. The fourth-order valence-corrected chi connectivity index (χ4v) is 4.49. The van der Waals surface area contributed by atoms with Crippen LogP contribution in [-0.4, -0.2) is 71.4 Å². The minimum Gasteiger partial charge on any atom is -0.506 e. The number of fused-ring (bicyclic) bond motifs is 1. The third-order valence-corrected chi connectivity index (χ3v) is 6.34. The average Bonchev–Trinajstić information content (AvgIpc) is 3.28. The Hall–Kier alpha value is -4.14. The zero-order chi connectivity index (χ0) is 29.4. The molecule has 14 nitrogen and oxygen atoms in total. The lowest BCUT2D eigenvalue weighted by atomic mass is 9.89. The van der Waals surface area contributed by atoms with E-state index in [0.717, 1.165) is 0 Å². The average molecular weight is 563 g/mol. The summed E-state index contributed by atoms with van der Waals surface area (Å²) in [5, 5.41) is 27.9. The highest BCUT2D eigenvalue weighted by Crippen LogP contribution is 2.37. The van der Waals surface area contributed by atoms with Gasteiger partial charge in [0.1, 0.15) is 28.9 Å². The van der Waals surface area contributed by atoms with Crippen molar-refractivity contribution in [3.05, 3.63) is 45.5 Å². The molecule has 4 atom stereocenters. The SMILES string of the molecule is CCOC(=O)c1c(O)c2ccc(O[C@@H]3OC(C)(C)[C@H](OC)[C@H](OC(=O)Nc4cc(C)on4)[C@H]3O)c(C)c2oc1=O. The van der Waals surface area contributed by atoms with E-state index in [0.29, 0.717) is 5.76 Å². The van der Waals surface area contributed by atoms with Crippen molar-refractivity contribution in [1.82, 2.24) is 5.16 Å². The molecule has 1 aliphatic heterocycles. The van der Waals surface area contributed by atoms with Gasteiger partial charge >= 0.3 is 17.7 Å². The van der Waals surface area contributed by atoms with Gasteiger partial charge in [-0.25, -0.2) is 14.4 Å². The molecule has 0 saturated carbocycles. The van der Waals surface area contributed by atoms with E-state index in [1.54, 1.807) is 34.6 Å². The first kappa shape index (κ1) is 28.9. The lowest BCUT2D eigenvalue weighted by Crippen LogP contribution is -2.65. The quantitative estimate of drug-likeness (QED) is 0.282. The number of amides is 1. The number of methoxy groups -OCH3 is 1. The second-order valence-corrected chi connectivity index (χ2v) is 9.57. The number of rotatable bonds is 7. The number of hydrogen-bond acceptors (Lipinski definition) is 13. The number of anilines is 1. The van der Waals surface area contributed by atoms with E-state index in [1.165, 1.54) is 25.3 Å². The number of nitrogens with one attached hydrogen (secondary N) is 1. The van der Waals surface area contributed by atoms with Gasteiger partial charge in [-0.05, 0) is 46.8 Å². The number of hydrogen-bond donors (Lipinski definition) is 3. The van der Waals surface area contributed by atoms with Crippen molar-refractivity contribution < 1.29 is 52.4 Å². The maximum atomic E-state index is 12.6. The normalized spacial score (nSPS) is 22.1. The molecule has 3 N–H and O–H groups in total. The van der Waals surface area contributed by atoms with E-state index < -0.39 is 59.2 Å². The third kappa shape index (κ3) is 5.46. The summed E-state index contributed by atoms with van der Waals surface area (Å²) >= 11 is 0. The number of aliphatic hydroxyl groups excluding tert-OH is 1. The van der Waals surface area contributed by atoms with Crippen LogP contribution in [0.1, 0.15) is 42.5 Å². The molecule has 0 aliphatic carbocycles. The summed E-state index contributed by atoms with van der Waals surface area (Å²) in [7, 11) is 1.38. The number of aliphatic hydroxyl groups is 1. The fraction of sp³-hybridized carbons (Fsp3) is 0.462. The highest BCUT2D eigenvalue weighted by molar-refractivity contribution is 5.99. The molecule has 0 unspecified atom stereocenters. The predicted octanol–water partition coefficient (Wildman–Crippen LogP) is 2.79. The van der Waals surface area contributed by atoms with Gasteiger partial charge in [0, 0.05) is 18.7 Å². The summed E-state index contributed by atoms with van der Waals surface area (Å²) in [6.45, 7) is 8.09. The molecular formula is C26H30N2O12. The van der Waals surface area contributed by atoms with Gasteiger partial charge in [0.2, 0.25) is 6.29 Å². The first-order chi connectivity index (χ1) is 18.9. The largest absolute Gasteiger partial charge is 0.506 e. The molecule has 0 bridgehead atoms. The topological polar surface area (TPSA) is 189 Å². The molecule has 1 amide bonds. The molecule has 3 heterocycles. The molecule has 1 fully saturated rings. The summed E-state index contributed by atoms with van der Waals surface area (Å²) in [4.78, 5) is 37.2. The van der Waals surface area contributed by atoms with Crippen molar-refractivity contribution in [2.24, 2.45) is 0 Å². The number of nitrogens with zero attached hydrogens (tertiary/aromatic N) is 1. The summed E-state index contributed by atoms with van der Waals surface area (Å²) in [5.41, 5.74) is -2.62. The van der Waals surface area contributed by atoms with E-state index in [2.05, 4.69) is 10.5 Å². The maximum absolute atomic E-state index is 12.6. The van der Waals surface area contributed by atoms with Crippen molar-refractivity contribution in [3.63, 3.8) is 0 Å². The number of carbonyl (C=O) groups is 2. The van der Waals surface area contributed by atoms with Crippen LogP contribution in [0.15, 0.2) is 31.9 Å². The van der Waals surface area contributed by atoms with Crippen LogP contribution in [0.2, 0.25) is 0 Å². The van der Waals surface area contributed by atoms with Gasteiger partial charge in [0.15, 0.2) is 23.6 Å². The molecule has 1 aliphatic rings. The van der Waals surface area contributed by atoms with Crippen LogP contribution in [0.4, 0.5) is 10.6 Å². The molecule has 14 heteroatoms. The van der Waals surface area contributed by atoms with E-state index in [9.17, 15) is 24.6 Å². The lowest BCUT2D eigenvalue weighted by Gasteiger charge is -2.47. The van der Waals surface area contributed by atoms with Gasteiger partial charge in [-0.3, -0.25) is 5.32 Å². The van der Waals surface area contributed by atoms with Crippen LogP contribution in [0.5, 0.6) is 11.5 Å². The molecule has 4 rings (SSSR count). The molecular weight excluding hydrogens is 532 g/mol. The van der Waals surface area contributed by atoms with Crippen molar-refractivity contribution in [2.75, 3.05) is 19.0 Å². The smallest absolute Gasteiger partial charge is 0.413 e. The molecule has 1 aromatic carbocycles. The van der Waals surface area contributed by atoms with Crippen molar-refractivity contribution in [3.8, 4) is 11.5 Å². The van der Waals surface area contributed by atoms with Crippen LogP contribution in [0, 0.1) is 13.8 Å². The zero-order valence-corrected chi connectivity index (χ0v) is 22.7. The molecule has 1 saturated heterocycles. The second-order valence-electron chi connectivity index (χ2n) is 9.57. The molecule has 2 aromatic heterocycles. The number of ether oxygens (including phenoxy) is 5. The van der Waals surface area contributed by atoms with Crippen LogP contribution < -0.4 is 15.7 Å². The summed E-state index contributed by atoms with van der Waals surface area (Å²) < 4.78 is 38.0. The van der Waals surface area contributed by atoms with Crippen LogP contribution in [-0.2, 0) is 18.9 Å². The van der Waals surface area contributed by atoms with Gasteiger partial charge in [-0.15, -0.1) is 0 Å². The molecule has 0 radical (unpaired) electrons. The first-order valence-electron chi connectivity index (χ1n) is 12.3. The van der Waals surface area contributed by atoms with Crippen LogP contribution >= 0.6 is 0 Å². The zero-order valence-electron chi connectivity index (χ0n) is 22.7. The number of aromatic hydroxyl groups is 1. The second kappa shape index (κ2) is 11.2. The van der Waals surface area contributed by atoms with Crippen LogP contribution in [0.25, 0.3) is 11.0 Å². The van der Waals surface area contributed by atoms with Gasteiger partial charge in [0.25, 0.3) is 0 Å². The lowest BCUT2D eigenvalue weighted by molar-refractivity contribution is -0.304. The minimum atomic E-state index is -1.54. The third-order valence-electron chi connectivity index (χ3n) is 6.34. The van der Waals surface area contributed by atoms with Gasteiger partial charge in [-0.1, -0.05) is 5.16 Å². The molecule has 40 heavy (non-hydrogen) atoms. The maximum Gasteiger partial charge on any atom is 0.413 e. The number of carbonyl (C=O) groups excluding carboxylic acids is 2. The minimum absolute atomic E-state index is 0.00218. The Morgan fingerprint density at radius 2 is 1.95 bits per heavy atom. The van der Waals surface area contributed by atoms with E-state index in [-0.39, 0.29) is 34.7 Å². The van der Waals surface area contributed by atoms with Gasteiger partial charge in [0.05, 0.1) is 17.6 Å². The highest BCUT2D eigenvalue weighted by Gasteiger charge is 2.53. The van der Waals surface area contributed by atoms with Crippen molar-refractivity contribution >= 4 is 28.8 Å². The fourth-order valence-electron chi connectivity index (χ4n) is 4.49. The monoisotopic (exact) mass is 562 g/mol. The van der Waals surface area contributed by atoms with Gasteiger partial charge < -0.3 is 42.8 Å².